The number of hydrogen-bond donors (Lipinski definition) is 0. The molecule has 0 N–H and O–H groups in total. The molecule has 3 aromatic carbocycles. The Hall–Kier alpha value is -3.64. The molecule has 0 aromatic heterocycles. The molecule has 41 heavy (non-hydrogen) atoms. The number of nitrogens with zero attached hydrogens (tertiary/aromatic N) is 1. The van der Waals surface area contributed by atoms with Gasteiger partial charge in [0.1, 0.15) is 5.75 Å². The first kappa shape index (κ1) is 31.9. The SMILES string of the molecule is COC(=O)CCCCCN(CCc1ccccc1OCCCCCc1ccccc1)Cc1ccc(C(=O)OC)cc1. The number of benzene rings is 3. The molecule has 0 spiro atoms. The van der Waals surface area contributed by atoms with Gasteiger partial charge in [-0.05, 0) is 86.4 Å². The number of aryl methyl sites for hydroxylation is 1. The van der Waals surface area contributed by atoms with Gasteiger partial charge in [-0.15, -0.1) is 0 Å². The number of esters is 2. The first-order valence-electron chi connectivity index (χ1n) is 14.8. The third-order valence-electron chi connectivity index (χ3n) is 7.24. The first-order chi connectivity index (χ1) is 20.1. The van der Waals surface area contributed by atoms with E-state index in [1.807, 2.05) is 30.3 Å². The molecule has 0 saturated heterocycles. The van der Waals surface area contributed by atoms with Gasteiger partial charge in [0.2, 0.25) is 0 Å². The molecule has 0 bridgehead atoms. The van der Waals surface area contributed by atoms with Crippen molar-refractivity contribution in [3.63, 3.8) is 0 Å². The summed E-state index contributed by atoms with van der Waals surface area (Å²) in [7, 11) is 2.83. The van der Waals surface area contributed by atoms with E-state index in [9.17, 15) is 9.59 Å². The second kappa shape index (κ2) is 18.7. The first-order valence-corrected chi connectivity index (χ1v) is 14.8. The van der Waals surface area contributed by atoms with Gasteiger partial charge in [-0.25, -0.2) is 4.79 Å². The lowest BCUT2D eigenvalue weighted by molar-refractivity contribution is -0.140. The summed E-state index contributed by atoms with van der Waals surface area (Å²) in [5.74, 6) is 0.489. The molecule has 0 amide bonds. The van der Waals surface area contributed by atoms with Crippen LogP contribution in [-0.4, -0.2) is 50.8 Å². The molecular weight excluding hydrogens is 514 g/mol. The summed E-state index contributed by atoms with van der Waals surface area (Å²) >= 11 is 0. The molecule has 6 heteroatoms. The van der Waals surface area contributed by atoms with Crippen LogP contribution in [0.4, 0.5) is 0 Å². The lowest BCUT2D eigenvalue weighted by Gasteiger charge is -2.23. The maximum atomic E-state index is 11.8. The van der Waals surface area contributed by atoms with Crippen LogP contribution in [-0.2, 0) is 33.7 Å². The molecule has 0 aliphatic rings. The van der Waals surface area contributed by atoms with Crippen molar-refractivity contribution in [2.75, 3.05) is 33.9 Å². The van der Waals surface area contributed by atoms with E-state index in [0.717, 1.165) is 82.5 Å². The van der Waals surface area contributed by atoms with Gasteiger partial charge in [0, 0.05) is 19.5 Å². The predicted octanol–water partition coefficient (Wildman–Crippen LogP) is 7.04. The highest BCUT2D eigenvalue weighted by molar-refractivity contribution is 5.89. The van der Waals surface area contributed by atoms with Crippen molar-refractivity contribution < 1.29 is 23.8 Å². The number of para-hydroxylation sites is 1. The lowest BCUT2D eigenvalue weighted by atomic mass is 10.1. The van der Waals surface area contributed by atoms with Crippen LogP contribution in [0.3, 0.4) is 0 Å². The van der Waals surface area contributed by atoms with E-state index >= 15 is 0 Å². The van der Waals surface area contributed by atoms with E-state index in [4.69, 9.17) is 14.2 Å². The maximum absolute atomic E-state index is 11.8. The van der Waals surface area contributed by atoms with Crippen LogP contribution < -0.4 is 4.74 Å². The fraction of sp³-hybridized carbons (Fsp3) is 0.429. The Kier molecular flexibility index (Phi) is 14.5. The molecule has 0 radical (unpaired) electrons. The molecule has 6 nitrogen and oxygen atoms in total. The Labute approximate surface area is 245 Å². The minimum absolute atomic E-state index is 0.152. The number of carbonyl (C=O) groups is 2. The monoisotopic (exact) mass is 559 g/mol. The van der Waals surface area contributed by atoms with E-state index in [-0.39, 0.29) is 11.9 Å². The quantitative estimate of drug-likeness (QED) is 0.116. The zero-order chi connectivity index (χ0) is 29.1. The Balaban J connectivity index is 1.50. The Morgan fingerprint density at radius 3 is 2.15 bits per heavy atom. The van der Waals surface area contributed by atoms with E-state index in [1.165, 1.54) is 31.8 Å². The standard InChI is InChI=1S/C35H45NO5/c1-39-34(37)19-9-4-12-25-36(28-30-20-22-32(23-21-30)35(38)40-2)26-24-31-17-10-11-18-33(31)41-27-13-5-8-16-29-14-6-3-7-15-29/h3,6-7,10-11,14-15,17-18,20-23H,4-5,8-9,12-13,16,19,24-28H2,1-2H3. The highest BCUT2D eigenvalue weighted by atomic mass is 16.5. The summed E-state index contributed by atoms with van der Waals surface area (Å²) in [6.07, 6.45) is 8.61. The van der Waals surface area contributed by atoms with E-state index < -0.39 is 0 Å². The van der Waals surface area contributed by atoms with Crippen LogP contribution in [0.1, 0.15) is 72.0 Å². The van der Waals surface area contributed by atoms with Gasteiger partial charge in [-0.2, -0.15) is 0 Å². The minimum atomic E-state index is -0.327. The number of ether oxygens (including phenoxy) is 3. The highest BCUT2D eigenvalue weighted by Gasteiger charge is 2.11. The third kappa shape index (κ3) is 12.2. The number of carbonyl (C=O) groups excluding carboxylic acids is 2. The maximum Gasteiger partial charge on any atom is 0.337 e. The van der Waals surface area contributed by atoms with Gasteiger partial charge >= 0.3 is 11.9 Å². The summed E-state index contributed by atoms with van der Waals surface area (Å²) in [5.41, 5.74) is 4.31. The van der Waals surface area contributed by atoms with Crippen LogP contribution in [0.25, 0.3) is 0 Å². The van der Waals surface area contributed by atoms with Crippen molar-refractivity contribution in [1.82, 2.24) is 4.90 Å². The molecule has 0 atom stereocenters. The normalized spacial score (nSPS) is 10.9. The molecule has 220 valence electrons. The van der Waals surface area contributed by atoms with Crippen molar-refractivity contribution in [1.29, 1.82) is 0 Å². The van der Waals surface area contributed by atoms with Gasteiger partial charge in [-0.1, -0.05) is 67.1 Å². The van der Waals surface area contributed by atoms with Gasteiger partial charge in [-0.3, -0.25) is 9.69 Å². The Bertz CT molecular complexity index is 1160. The molecule has 0 aliphatic heterocycles. The Morgan fingerprint density at radius 1 is 0.659 bits per heavy atom. The third-order valence-corrected chi connectivity index (χ3v) is 7.24. The molecule has 0 saturated carbocycles. The predicted molar refractivity (Wildman–Crippen MR) is 163 cm³/mol. The molecule has 0 unspecified atom stereocenters. The van der Waals surface area contributed by atoms with Crippen molar-refractivity contribution in [3.8, 4) is 5.75 Å². The van der Waals surface area contributed by atoms with Crippen LogP contribution in [0, 0.1) is 0 Å². The average Bonchev–Trinajstić information content (AvgIpc) is 3.02. The summed E-state index contributed by atoms with van der Waals surface area (Å²) in [6.45, 7) is 3.31. The Morgan fingerprint density at radius 2 is 1.39 bits per heavy atom. The van der Waals surface area contributed by atoms with E-state index in [2.05, 4.69) is 53.4 Å². The molecule has 3 rings (SSSR count). The number of methoxy groups -OCH3 is 2. The zero-order valence-electron chi connectivity index (χ0n) is 24.7. The second-order valence-corrected chi connectivity index (χ2v) is 10.4. The number of unbranched alkanes of at least 4 members (excludes halogenated alkanes) is 4. The number of rotatable bonds is 19. The number of hydrogen-bond acceptors (Lipinski definition) is 6. The summed E-state index contributed by atoms with van der Waals surface area (Å²) in [5, 5.41) is 0. The smallest absolute Gasteiger partial charge is 0.337 e. The van der Waals surface area contributed by atoms with E-state index in [0.29, 0.717) is 12.0 Å². The summed E-state index contributed by atoms with van der Waals surface area (Å²) in [4.78, 5) is 25.7. The van der Waals surface area contributed by atoms with Crippen LogP contribution in [0.2, 0.25) is 0 Å². The minimum Gasteiger partial charge on any atom is -0.493 e. The highest BCUT2D eigenvalue weighted by Crippen LogP contribution is 2.20. The van der Waals surface area contributed by atoms with Gasteiger partial charge in [0.15, 0.2) is 0 Å². The molecule has 0 heterocycles. The largest absolute Gasteiger partial charge is 0.493 e. The lowest BCUT2D eigenvalue weighted by Crippen LogP contribution is -2.27. The zero-order valence-corrected chi connectivity index (χ0v) is 24.7. The van der Waals surface area contributed by atoms with Crippen LogP contribution in [0.5, 0.6) is 5.75 Å². The van der Waals surface area contributed by atoms with Crippen molar-refractivity contribution in [2.24, 2.45) is 0 Å². The van der Waals surface area contributed by atoms with Crippen molar-refractivity contribution in [3.05, 3.63) is 101 Å². The van der Waals surface area contributed by atoms with Crippen LogP contribution >= 0.6 is 0 Å². The molecule has 0 fully saturated rings. The van der Waals surface area contributed by atoms with Gasteiger partial charge in [0.05, 0.1) is 26.4 Å². The van der Waals surface area contributed by atoms with E-state index in [1.54, 1.807) is 0 Å². The van der Waals surface area contributed by atoms with Crippen molar-refractivity contribution in [2.45, 2.75) is 64.3 Å². The summed E-state index contributed by atoms with van der Waals surface area (Å²) in [6, 6.07) is 26.6. The fourth-order valence-corrected chi connectivity index (χ4v) is 4.84. The van der Waals surface area contributed by atoms with Crippen LogP contribution in [0.15, 0.2) is 78.9 Å². The van der Waals surface area contributed by atoms with Gasteiger partial charge in [0.25, 0.3) is 0 Å². The fourth-order valence-electron chi connectivity index (χ4n) is 4.84. The molecular formula is C35H45NO5. The topological polar surface area (TPSA) is 65.1 Å². The molecule has 0 aliphatic carbocycles. The van der Waals surface area contributed by atoms with Gasteiger partial charge < -0.3 is 14.2 Å². The molecule has 3 aromatic rings. The summed E-state index contributed by atoms with van der Waals surface area (Å²) < 4.78 is 15.8. The second-order valence-electron chi connectivity index (χ2n) is 10.4. The van der Waals surface area contributed by atoms with Crippen molar-refractivity contribution >= 4 is 11.9 Å². The average molecular weight is 560 g/mol.